The number of hydroxylamine groups is 2. The van der Waals surface area contributed by atoms with E-state index in [1.807, 2.05) is 6.08 Å². The van der Waals surface area contributed by atoms with Gasteiger partial charge in [-0.25, -0.2) is 19.2 Å². The van der Waals surface area contributed by atoms with Crippen molar-refractivity contribution in [2.75, 3.05) is 6.54 Å². The second-order valence-electron chi connectivity index (χ2n) is 4.62. The first-order valence-corrected chi connectivity index (χ1v) is 7.45. The van der Waals surface area contributed by atoms with Gasteiger partial charge in [0, 0.05) is 23.9 Å². The normalized spacial score (nSPS) is 11.0. The molecule has 2 aromatic rings. The van der Waals surface area contributed by atoms with Crippen LogP contribution >= 0.6 is 11.3 Å². The molecule has 1 aromatic carbocycles. The smallest absolute Gasteiger partial charge is 0.338 e. The summed E-state index contributed by atoms with van der Waals surface area (Å²) >= 11 is 1.57. The molecule has 3 N–H and O–H groups in total. The fraction of sp³-hybridized carbons (Fsp3) is 0.200. The molecule has 2 amide bonds. The molecule has 7 heteroatoms. The number of hydrogen-bond acceptors (Lipinski definition) is 4. The number of primary amides is 1. The maximum atomic E-state index is 12.8. The Hall–Kier alpha value is -2.25. The summed E-state index contributed by atoms with van der Waals surface area (Å²) in [6.07, 6.45) is 6.59. The largest absolute Gasteiger partial charge is 0.350 e. The van der Waals surface area contributed by atoms with E-state index in [0.29, 0.717) is 17.9 Å². The monoisotopic (exact) mass is 321 g/mol. The fourth-order valence-corrected chi connectivity index (χ4v) is 2.71. The zero-order chi connectivity index (χ0) is 15.9. The van der Waals surface area contributed by atoms with Gasteiger partial charge in [-0.15, -0.1) is 11.3 Å². The van der Waals surface area contributed by atoms with Crippen LogP contribution in [0, 0.1) is 5.82 Å². The van der Waals surface area contributed by atoms with Gasteiger partial charge in [0.2, 0.25) is 0 Å². The summed E-state index contributed by atoms with van der Waals surface area (Å²) in [6, 6.07) is 5.52. The molecule has 1 heterocycles. The maximum absolute atomic E-state index is 12.8. The average molecular weight is 321 g/mol. The summed E-state index contributed by atoms with van der Waals surface area (Å²) in [5.74, 6) is -0.243. The van der Waals surface area contributed by atoms with Crippen LogP contribution in [-0.2, 0) is 12.8 Å². The summed E-state index contributed by atoms with van der Waals surface area (Å²) in [5.41, 5.74) is 5.92. The number of urea groups is 1. The van der Waals surface area contributed by atoms with Crippen LogP contribution in [0.3, 0.4) is 0 Å². The molecule has 2 rings (SSSR count). The van der Waals surface area contributed by atoms with Crippen molar-refractivity contribution in [2.24, 2.45) is 5.73 Å². The Labute approximate surface area is 131 Å². The highest BCUT2D eigenvalue weighted by Gasteiger charge is 2.04. The van der Waals surface area contributed by atoms with Crippen LogP contribution in [0.4, 0.5) is 9.18 Å². The van der Waals surface area contributed by atoms with Crippen LogP contribution in [0.25, 0.3) is 0 Å². The standard InChI is InChI=1S/C15H16FN3O2S/c16-12-6-4-11(5-7-12)9-13-10-18-14(22-13)3-1-2-8-19(21)15(17)20/h1-2,4-7,10,21H,3,8-9H2,(H2,17,20)/b2-1+. The van der Waals surface area contributed by atoms with Crippen molar-refractivity contribution < 1.29 is 14.4 Å². The molecule has 116 valence electrons. The number of nitrogens with zero attached hydrogens (tertiary/aromatic N) is 2. The Kier molecular flexibility index (Phi) is 5.62. The predicted molar refractivity (Wildman–Crippen MR) is 82.2 cm³/mol. The lowest BCUT2D eigenvalue weighted by Gasteiger charge is -2.07. The molecule has 0 atom stereocenters. The van der Waals surface area contributed by atoms with E-state index in [0.717, 1.165) is 15.4 Å². The number of rotatable bonds is 6. The van der Waals surface area contributed by atoms with Crippen LogP contribution in [0.2, 0.25) is 0 Å². The van der Waals surface area contributed by atoms with E-state index < -0.39 is 6.03 Å². The molecule has 0 aliphatic heterocycles. The Morgan fingerprint density at radius 1 is 1.36 bits per heavy atom. The molecular weight excluding hydrogens is 305 g/mol. The second kappa shape index (κ2) is 7.67. The summed E-state index contributed by atoms with van der Waals surface area (Å²) in [7, 11) is 0. The van der Waals surface area contributed by atoms with Gasteiger partial charge in [0.05, 0.1) is 11.6 Å². The number of thiazole rings is 1. The highest BCUT2D eigenvalue weighted by Crippen LogP contribution is 2.18. The molecule has 22 heavy (non-hydrogen) atoms. The first-order chi connectivity index (χ1) is 10.5. The lowest BCUT2D eigenvalue weighted by molar-refractivity contribution is -0.0288. The van der Waals surface area contributed by atoms with Crippen molar-refractivity contribution >= 4 is 17.4 Å². The van der Waals surface area contributed by atoms with Crippen LogP contribution < -0.4 is 5.73 Å². The Bertz CT molecular complexity index is 655. The summed E-state index contributed by atoms with van der Waals surface area (Å²) in [4.78, 5) is 16.0. The van der Waals surface area contributed by atoms with Gasteiger partial charge < -0.3 is 5.73 Å². The van der Waals surface area contributed by atoms with Crippen LogP contribution in [0.5, 0.6) is 0 Å². The van der Waals surface area contributed by atoms with Crippen LogP contribution in [0.15, 0.2) is 42.6 Å². The molecule has 0 unspecified atom stereocenters. The zero-order valence-corrected chi connectivity index (χ0v) is 12.6. The summed E-state index contributed by atoms with van der Waals surface area (Å²) < 4.78 is 12.8. The van der Waals surface area contributed by atoms with Crippen molar-refractivity contribution in [1.29, 1.82) is 0 Å². The van der Waals surface area contributed by atoms with E-state index in [1.165, 1.54) is 12.1 Å². The minimum Gasteiger partial charge on any atom is -0.350 e. The molecule has 0 saturated heterocycles. The van der Waals surface area contributed by atoms with Gasteiger partial charge in [0.25, 0.3) is 0 Å². The number of carbonyl (C=O) groups is 1. The van der Waals surface area contributed by atoms with Crippen molar-refractivity contribution in [1.82, 2.24) is 10.0 Å². The highest BCUT2D eigenvalue weighted by molar-refractivity contribution is 7.11. The van der Waals surface area contributed by atoms with Crippen LogP contribution in [0.1, 0.15) is 15.4 Å². The summed E-state index contributed by atoms with van der Waals surface area (Å²) in [5, 5.41) is 10.4. The number of allylic oxidation sites excluding steroid dienone is 1. The second-order valence-corrected chi connectivity index (χ2v) is 5.82. The van der Waals surface area contributed by atoms with Gasteiger partial charge in [-0.2, -0.15) is 0 Å². The van der Waals surface area contributed by atoms with Gasteiger partial charge in [-0.05, 0) is 17.7 Å². The first-order valence-electron chi connectivity index (χ1n) is 6.63. The third-order valence-corrected chi connectivity index (χ3v) is 3.90. The molecule has 0 bridgehead atoms. The quantitative estimate of drug-likeness (QED) is 0.488. The minimum absolute atomic E-state index is 0.0448. The Morgan fingerprint density at radius 3 is 2.77 bits per heavy atom. The van der Waals surface area contributed by atoms with Gasteiger partial charge in [0.1, 0.15) is 5.82 Å². The maximum Gasteiger partial charge on any atom is 0.338 e. The molecule has 5 nitrogen and oxygen atoms in total. The van der Waals surface area contributed by atoms with Gasteiger partial charge in [0.15, 0.2) is 0 Å². The van der Waals surface area contributed by atoms with Gasteiger partial charge >= 0.3 is 6.03 Å². The predicted octanol–water partition coefficient (Wildman–Crippen LogP) is 2.74. The molecule has 0 aliphatic carbocycles. The Balaban J connectivity index is 1.85. The third kappa shape index (κ3) is 4.94. The molecule has 0 radical (unpaired) electrons. The fourth-order valence-electron chi connectivity index (χ4n) is 1.78. The van der Waals surface area contributed by atoms with Crippen molar-refractivity contribution in [3.63, 3.8) is 0 Å². The third-order valence-electron chi connectivity index (χ3n) is 2.88. The minimum atomic E-state index is -0.888. The lowest BCUT2D eigenvalue weighted by atomic mass is 10.1. The van der Waals surface area contributed by atoms with E-state index in [9.17, 15) is 9.18 Å². The lowest BCUT2D eigenvalue weighted by Crippen LogP contribution is -2.32. The zero-order valence-electron chi connectivity index (χ0n) is 11.8. The number of benzene rings is 1. The van der Waals surface area contributed by atoms with E-state index in [4.69, 9.17) is 10.9 Å². The SMILES string of the molecule is NC(=O)N(O)C/C=C/Cc1ncc(Cc2ccc(F)cc2)s1. The first kappa shape index (κ1) is 16.1. The average Bonchev–Trinajstić information content (AvgIpc) is 2.93. The van der Waals surface area contributed by atoms with Crippen molar-refractivity contribution in [3.05, 3.63) is 63.9 Å². The number of nitrogens with two attached hydrogens (primary N) is 1. The number of carbonyl (C=O) groups excluding carboxylic acids is 1. The Morgan fingerprint density at radius 2 is 2.09 bits per heavy atom. The number of halogens is 1. The van der Waals surface area contributed by atoms with E-state index >= 15 is 0 Å². The molecule has 0 fully saturated rings. The molecule has 1 aromatic heterocycles. The molecular formula is C15H16FN3O2S. The van der Waals surface area contributed by atoms with Gasteiger partial charge in [-0.3, -0.25) is 5.21 Å². The number of aromatic nitrogens is 1. The van der Waals surface area contributed by atoms with E-state index in [1.54, 1.807) is 35.7 Å². The number of amides is 2. The van der Waals surface area contributed by atoms with E-state index in [-0.39, 0.29) is 12.4 Å². The van der Waals surface area contributed by atoms with Crippen molar-refractivity contribution in [2.45, 2.75) is 12.8 Å². The topological polar surface area (TPSA) is 79.5 Å². The van der Waals surface area contributed by atoms with Crippen molar-refractivity contribution in [3.8, 4) is 0 Å². The van der Waals surface area contributed by atoms with Crippen LogP contribution in [-0.4, -0.2) is 27.8 Å². The highest BCUT2D eigenvalue weighted by atomic mass is 32.1. The summed E-state index contributed by atoms with van der Waals surface area (Å²) in [6.45, 7) is 0.0448. The molecule has 0 spiro atoms. The molecule has 0 saturated carbocycles. The van der Waals surface area contributed by atoms with E-state index in [2.05, 4.69) is 4.98 Å². The number of hydrogen-bond donors (Lipinski definition) is 2. The molecule has 0 aliphatic rings. The van der Waals surface area contributed by atoms with Gasteiger partial charge in [-0.1, -0.05) is 24.3 Å².